The summed E-state index contributed by atoms with van der Waals surface area (Å²) in [7, 11) is 1.65. The molecule has 0 aliphatic carbocycles. The molecule has 2 rings (SSSR count). The third-order valence-corrected chi connectivity index (χ3v) is 3.70. The Bertz CT molecular complexity index is 466. The summed E-state index contributed by atoms with van der Waals surface area (Å²) in [6, 6.07) is 6.26. The molecule has 0 unspecified atom stereocenters. The first-order valence-corrected chi connectivity index (χ1v) is 6.11. The molecule has 1 heterocycles. The maximum Gasteiger partial charge on any atom is 0.160 e. The van der Waals surface area contributed by atoms with Crippen LogP contribution in [0, 0.1) is 0 Å². The molecule has 2 nitrogen and oxygen atoms in total. The quantitative estimate of drug-likeness (QED) is 0.850. The number of methoxy groups -OCH3 is 1. The molecule has 0 saturated carbocycles. The van der Waals surface area contributed by atoms with E-state index in [9.17, 15) is 0 Å². The summed E-state index contributed by atoms with van der Waals surface area (Å²) in [6.07, 6.45) is 0. The normalized spacial score (nSPS) is 10.7. The molecule has 2 aromatic rings. The van der Waals surface area contributed by atoms with Crippen molar-refractivity contribution in [1.82, 2.24) is 0 Å². The van der Waals surface area contributed by atoms with Gasteiger partial charge in [-0.05, 0) is 17.7 Å². The summed E-state index contributed by atoms with van der Waals surface area (Å²) in [5.74, 6) is 0.797. The molecule has 0 radical (unpaired) electrons. The number of hydrogen-bond donors (Lipinski definition) is 1. The molecule has 0 aliphatic heterocycles. The summed E-state index contributed by atoms with van der Waals surface area (Å²) in [5, 5.41) is 2.71. The molecule has 0 aliphatic rings. The second-order valence-corrected chi connectivity index (χ2v) is 4.61. The first kappa shape index (κ1) is 9.80. The summed E-state index contributed by atoms with van der Waals surface area (Å²) in [4.78, 5) is 0. The van der Waals surface area contributed by atoms with Gasteiger partial charge in [0.1, 0.15) is 5.00 Å². The van der Waals surface area contributed by atoms with Gasteiger partial charge < -0.3 is 10.5 Å². The van der Waals surface area contributed by atoms with Gasteiger partial charge in [-0.15, -0.1) is 11.3 Å². The Morgan fingerprint density at radius 1 is 1.50 bits per heavy atom. The van der Waals surface area contributed by atoms with Crippen LogP contribution < -0.4 is 10.5 Å². The number of thiophene rings is 1. The van der Waals surface area contributed by atoms with Crippen molar-refractivity contribution in [2.24, 2.45) is 0 Å². The predicted octanol–water partition coefficient (Wildman–Crippen LogP) is 3.39. The second-order valence-electron chi connectivity index (χ2n) is 2.96. The Labute approximate surface area is 94.8 Å². The minimum Gasteiger partial charge on any atom is -0.493 e. The molecule has 0 fully saturated rings. The predicted molar refractivity (Wildman–Crippen MR) is 65.4 cm³/mol. The minimum atomic E-state index is 0.745. The second kappa shape index (κ2) is 3.79. The van der Waals surface area contributed by atoms with Gasteiger partial charge in [-0.3, -0.25) is 0 Å². The fourth-order valence-corrected chi connectivity index (χ4v) is 2.78. The van der Waals surface area contributed by atoms with Gasteiger partial charge in [-0.1, -0.05) is 22.0 Å². The highest BCUT2D eigenvalue weighted by Gasteiger charge is 2.09. The molecule has 0 spiro atoms. The van der Waals surface area contributed by atoms with E-state index in [2.05, 4.69) is 34.1 Å². The van der Waals surface area contributed by atoms with E-state index >= 15 is 0 Å². The van der Waals surface area contributed by atoms with Gasteiger partial charge >= 0.3 is 0 Å². The standard InChI is InChI=1S/C10H10BrNOS/c1-13-9-7-3-2-6(5-11)4-8(7)14-10(9)12/h2-4H,5,12H2,1H3. The number of rotatable bonds is 2. The van der Waals surface area contributed by atoms with E-state index in [-0.39, 0.29) is 0 Å². The van der Waals surface area contributed by atoms with Crippen LogP contribution in [-0.2, 0) is 5.33 Å². The van der Waals surface area contributed by atoms with Gasteiger partial charge in [0.15, 0.2) is 5.75 Å². The van der Waals surface area contributed by atoms with Gasteiger partial charge in [-0.25, -0.2) is 0 Å². The number of alkyl halides is 1. The lowest BCUT2D eigenvalue weighted by Crippen LogP contribution is -1.86. The molecule has 1 aromatic heterocycles. The van der Waals surface area contributed by atoms with Gasteiger partial charge in [0, 0.05) is 15.4 Å². The number of halogens is 1. The van der Waals surface area contributed by atoms with Crippen molar-refractivity contribution in [1.29, 1.82) is 0 Å². The van der Waals surface area contributed by atoms with Crippen LogP contribution in [-0.4, -0.2) is 7.11 Å². The van der Waals surface area contributed by atoms with E-state index in [0.29, 0.717) is 0 Å². The molecule has 0 atom stereocenters. The molecular weight excluding hydrogens is 262 g/mol. The van der Waals surface area contributed by atoms with Crippen LogP contribution in [0.5, 0.6) is 5.75 Å². The molecular formula is C10H10BrNOS. The van der Waals surface area contributed by atoms with Gasteiger partial charge in [0.05, 0.1) is 7.11 Å². The topological polar surface area (TPSA) is 35.2 Å². The van der Waals surface area contributed by atoms with E-state index in [1.807, 2.05) is 0 Å². The van der Waals surface area contributed by atoms with E-state index < -0.39 is 0 Å². The summed E-state index contributed by atoms with van der Waals surface area (Å²) in [6.45, 7) is 0. The van der Waals surface area contributed by atoms with Gasteiger partial charge in [0.25, 0.3) is 0 Å². The molecule has 0 bridgehead atoms. The lowest BCUT2D eigenvalue weighted by molar-refractivity contribution is 0.423. The van der Waals surface area contributed by atoms with E-state index in [1.165, 1.54) is 10.3 Å². The largest absolute Gasteiger partial charge is 0.493 e. The highest BCUT2D eigenvalue weighted by Crippen LogP contribution is 2.40. The van der Waals surface area contributed by atoms with Crippen molar-refractivity contribution in [3.63, 3.8) is 0 Å². The molecule has 2 N–H and O–H groups in total. The molecule has 14 heavy (non-hydrogen) atoms. The molecule has 0 saturated heterocycles. The maximum absolute atomic E-state index is 5.84. The Hall–Kier alpha value is -0.740. The lowest BCUT2D eigenvalue weighted by atomic mass is 10.2. The highest BCUT2D eigenvalue weighted by atomic mass is 79.9. The number of hydrogen-bond acceptors (Lipinski definition) is 3. The van der Waals surface area contributed by atoms with Crippen molar-refractivity contribution in [2.75, 3.05) is 12.8 Å². The Morgan fingerprint density at radius 2 is 2.29 bits per heavy atom. The average molecular weight is 272 g/mol. The zero-order chi connectivity index (χ0) is 10.1. The smallest absolute Gasteiger partial charge is 0.160 e. The van der Waals surface area contributed by atoms with E-state index in [4.69, 9.17) is 10.5 Å². The van der Waals surface area contributed by atoms with Gasteiger partial charge in [-0.2, -0.15) is 0 Å². The van der Waals surface area contributed by atoms with Crippen molar-refractivity contribution in [2.45, 2.75) is 5.33 Å². The highest BCUT2D eigenvalue weighted by molar-refractivity contribution is 9.08. The number of anilines is 1. The lowest BCUT2D eigenvalue weighted by Gasteiger charge is -1.98. The third kappa shape index (κ3) is 1.48. The molecule has 0 amide bonds. The van der Waals surface area contributed by atoms with Gasteiger partial charge in [0.2, 0.25) is 0 Å². The minimum absolute atomic E-state index is 0.745. The molecule has 74 valence electrons. The summed E-state index contributed by atoms with van der Waals surface area (Å²) < 4.78 is 6.42. The van der Waals surface area contributed by atoms with Crippen molar-refractivity contribution >= 4 is 42.4 Å². The van der Waals surface area contributed by atoms with Crippen molar-refractivity contribution in [3.8, 4) is 5.75 Å². The Kier molecular flexibility index (Phi) is 2.65. The van der Waals surface area contributed by atoms with Crippen LogP contribution in [0.3, 0.4) is 0 Å². The molecule has 4 heteroatoms. The fraction of sp³-hybridized carbons (Fsp3) is 0.200. The number of nitrogen functional groups attached to an aromatic ring is 1. The van der Waals surface area contributed by atoms with Crippen LogP contribution in [0.4, 0.5) is 5.00 Å². The Balaban J connectivity index is 2.68. The monoisotopic (exact) mass is 271 g/mol. The third-order valence-electron chi connectivity index (χ3n) is 2.09. The molecule has 1 aromatic carbocycles. The number of ether oxygens (including phenoxy) is 1. The summed E-state index contributed by atoms with van der Waals surface area (Å²) in [5.41, 5.74) is 7.09. The van der Waals surface area contributed by atoms with Crippen molar-refractivity contribution < 1.29 is 4.74 Å². The number of benzene rings is 1. The van der Waals surface area contributed by atoms with E-state index in [1.54, 1.807) is 18.4 Å². The summed E-state index contributed by atoms with van der Waals surface area (Å²) >= 11 is 4.99. The van der Waals surface area contributed by atoms with Crippen LogP contribution in [0.1, 0.15) is 5.56 Å². The zero-order valence-electron chi connectivity index (χ0n) is 7.71. The first-order valence-electron chi connectivity index (χ1n) is 4.17. The number of nitrogens with two attached hydrogens (primary N) is 1. The Morgan fingerprint density at radius 3 is 2.93 bits per heavy atom. The van der Waals surface area contributed by atoms with Crippen LogP contribution in [0.15, 0.2) is 18.2 Å². The van der Waals surface area contributed by atoms with Crippen LogP contribution in [0.25, 0.3) is 10.1 Å². The van der Waals surface area contributed by atoms with Crippen molar-refractivity contribution in [3.05, 3.63) is 23.8 Å². The van der Waals surface area contributed by atoms with Crippen LogP contribution >= 0.6 is 27.3 Å². The zero-order valence-corrected chi connectivity index (χ0v) is 10.1. The SMILES string of the molecule is COc1c(N)sc2cc(CBr)ccc12. The maximum atomic E-state index is 5.84. The fourth-order valence-electron chi connectivity index (χ4n) is 1.43. The van der Waals surface area contributed by atoms with Crippen LogP contribution in [0.2, 0.25) is 0 Å². The average Bonchev–Trinajstić information content (AvgIpc) is 2.51. The first-order chi connectivity index (χ1) is 6.76. The van der Waals surface area contributed by atoms with E-state index in [0.717, 1.165) is 21.5 Å². The number of fused-ring (bicyclic) bond motifs is 1.